The zero-order chi connectivity index (χ0) is 19.1. The van der Waals surface area contributed by atoms with Gasteiger partial charge < -0.3 is 14.6 Å². The third-order valence-corrected chi connectivity index (χ3v) is 4.36. The fourth-order valence-electron chi connectivity index (χ4n) is 2.78. The highest BCUT2D eigenvalue weighted by molar-refractivity contribution is 5.75. The topological polar surface area (TPSA) is 77.3 Å². The molecule has 0 atom stereocenters. The van der Waals surface area contributed by atoms with E-state index < -0.39 is 0 Å². The molecule has 1 aromatic heterocycles. The van der Waals surface area contributed by atoms with Crippen LogP contribution in [0.1, 0.15) is 29.9 Å². The summed E-state index contributed by atoms with van der Waals surface area (Å²) in [6.45, 7) is 2.32. The van der Waals surface area contributed by atoms with E-state index in [1.165, 1.54) is 11.1 Å². The molecule has 0 spiro atoms. The van der Waals surface area contributed by atoms with Crippen molar-refractivity contribution in [3.8, 4) is 17.1 Å². The highest BCUT2D eigenvalue weighted by Gasteiger charge is 2.10. The zero-order valence-corrected chi connectivity index (χ0v) is 15.6. The number of rotatable bonds is 8. The molecule has 3 rings (SSSR count). The quantitative estimate of drug-likeness (QED) is 0.659. The van der Waals surface area contributed by atoms with Gasteiger partial charge in [0.15, 0.2) is 0 Å². The standard InChI is InChI=1S/C21H23N3O3/c1-15-6-3-4-7-16(15)8-5-9-19(25)22-14-20-23-21(24-27-20)17-10-12-18(26-2)13-11-17/h3-4,6-7,10-13H,5,8-9,14H2,1-2H3,(H,22,25). The SMILES string of the molecule is COc1ccc(-c2noc(CNC(=O)CCCc3ccccc3C)n2)cc1. The number of nitrogens with zero attached hydrogens (tertiary/aromatic N) is 2. The van der Waals surface area contributed by atoms with Crippen molar-refractivity contribution < 1.29 is 14.1 Å². The number of nitrogens with one attached hydrogen (secondary N) is 1. The third-order valence-electron chi connectivity index (χ3n) is 4.36. The Morgan fingerprint density at radius 2 is 1.93 bits per heavy atom. The fourth-order valence-corrected chi connectivity index (χ4v) is 2.78. The maximum absolute atomic E-state index is 12.0. The number of amides is 1. The van der Waals surface area contributed by atoms with Gasteiger partial charge in [-0.15, -0.1) is 0 Å². The van der Waals surface area contributed by atoms with Gasteiger partial charge in [-0.1, -0.05) is 29.4 Å². The van der Waals surface area contributed by atoms with Crippen molar-refractivity contribution in [2.75, 3.05) is 7.11 Å². The van der Waals surface area contributed by atoms with E-state index in [-0.39, 0.29) is 12.5 Å². The monoisotopic (exact) mass is 365 g/mol. The van der Waals surface area contributed by atoms with Crippen LogP contribution >= 0.6 is 0 Å². The van der Waals surface area contributed by atoms with Gasteiger partial charge in [-0.2, -0.15) is 4.98 Å². The van der Waals surface area contributed by atoms with E-state index in [1.807, 2.05) is 36.4 Å². The van der Waals surface area contributed by atoms with E-state index in [1.54, 1.807) is 7.11 Å². The molecule has 0 bridgehead atoms. The molecular formula is C21H23N3O3. The molecule has 1 amide bonds. The first-order valence-electron chi connectivity index (χ1n) is 8.94. The summed E-state index contributed by atoms with van der Waals surface area (Å²) in [7, 11) is 1.62. The molecule has 1 N–H and O–H groups in total. The molecule has 6 nitrogen and oxygen atoms in total. The van der Waals surface area contributed by atoms with Gasteiger partial charge >= 0.3 is 0 Å². The second-order valence-corrected chi connectivity index (χ2v) is 6.30. The Kier molecular flexibility index (Phi) is 6.20. The maximum atomic E-state index is 12.0. The number of carbonyl (C=O) groups is 1. The van der Waals surface area contributed by atoms with Crippen LogP contribution in [0, 0.1) is 6.92 Å². The Morgan fingerprint density at radius 3 is 2.67 bits per heavy atom. The van der Waals surface area contributed by atoms with Gasteiger partial charge in [0.1, 0.15) is 5.75 Å². The van der Waals surface area contributed by atoms with E-state index in [0.29, 0.717) is 18.1 Å². The molecule has 140 valence electrons. The summed E-state index contributed by atoms with van der Waals surface area (Å²) < 4.78 is 10.3. The Morgan fingerprint density at radius 1 is 1.15 bits per heavy atom. The van der Waals surface area contributed by atoms with Crippen molar-refractivity contribution in [1.29, 1.82) is 0 Å². The number of benzene rings is 2. The van der Waals surface area contributed by atoms with Crippen molar-refractivity contribution in [2.24, 2.45) is 0 Å². The molecule has 0 saturated carbocycles. The maximum Gasteiger partial charge on any atom is 0.246 e. The molecule has 2 aromatic carbocycles. The lowest BCUT2D eigenvalue weighted by atomic mass is 10.0. The summed E-state index contributed by atoms with van der Waals surface area (Å²) in [5.41, 5.74) is 3.37. The molecule has 0 unspecified atom stereocenters. The normalized spacial score (nSPS) is 10.6. The van der Waals surface area contributed by atoms with Gasteiger partial charge in [0.25, 0.3) is 0 Å². The molecule has 1 heterocycles. The summed E-state index contributed by atoms with van der Waals surface area (Å²) in [4.78, 5) is 16.3. The smallest absolute Gasteiger partial charge is 0.246 e. The predicted molar refractivity (Wildman–Crippen MR) is 102 cm³/mol. The van der Waals surface area contributed by atoms with Crippen LogP contribution < -0.4 is 10.1 Å². The Labute approximate surface area is 158 Å². The van der Waals surface area contributed by atoms with Crippen molar-refractivity contribution in [3.63, 3.8) is 0 Å². The van der Waals surface area contributed by atoms with Crippen LogP contribution in [-0.4, -0.2) is 23.2 Å². The number of hydrogen-bond acceptors (Lipinski definition) is 5. The van der Waals surface area contributed by atoms with Crippen LogP contribution in [-0.2, 0) is 17.8 Å². The second-order valence-electron chi connectivity index (χ2n) is 6.30. The van der Waals surface area contributed by atoms with Crippen LogP contribution in [0.4, 0.5) is 0 Å². The molecule has 6 heteroatoms. The van der Waals surface area contributed by atoms with Gasteiger partial charge in [0.05, 0.1) is 13.7 Å². The zero-order valence-electron chi connectivity index (χ0n) is 15.6. The molecule has 0 aliphatic heterocycles. The van der Waals surface area contributed by atoms with Crippen molar-refractivity contribution in [1.82, 2.24) is 15.5 Å². The van der Waals surface area contributed by atoms with Gasteiger partial charge in [-0.3, -0.25) is 4.79 Å². The Bertz CT molecular complexity index is 888. The lowest BCUT2D eigenvalue weighted by Crippen LogP contribution is -2.22. The first-order valence-corrected chi connectivity index (χ1v) is 8.94. The molecule has 0 aliphatic rings. The molecule has 0 aliphatic carbocycles. The minimum Gasteiger partial charge on any atom is -0.497 e. The highest BCUT2D eigenvalue weighted by Crippen LogP contribution is 2.19. The lowest BCUT2D eigenvalue weighted by molar-refractivity contribution is -0.121. The largest absolute Gasteiger partial charge is 0.497 e. The average Bonchev–Trinajstić information content (AvgIpc) is 3.17. The summed E-state index contributed by atoms with van der Waals surface area (Å²) in [5, 5.41) is 6.78. The van der Waals surface area contributed by atoms with Crippen molar-refractivity contribution >= 4 is 5.91 Å². The van der Waals surface area contributed by atoms with Gasteiger partial charge in [-0.25, -0.2) is 0 Å². The van der Waals surface area contributed by atoms with Crippen LogP contribution in [0.5, 0.6) is 5.75 Å². The van der Waals surface area contributed by atoms with E-state index in [4.69, 9.17) is 9.26 Å². The summed E-state index contributed by atoms with van der Waals surface area (Å²) in [5.74, 6) is 1.61. The minimum atomic E-state index is -0.0206. The summed E-state index contributed by atoms with van der Waals surface area (Å²) >= 11 is 0. The third kappa shape index (κ3) is 5.17. The van der Waals surface area contributed by atoms with E-state index in [0.717, 1.165) is 24.2 Å². The number of hydrogen-bond donors (Lipinski definition) is 1. The fraction of sp³-hybridized carbons (Fsp3) is 0.286. The molecule has 0 saturated heterocycles. The van der Waals surface area contributed by atoms with Crippen molar-refractivity contribution in [3.05, 3.63) is 65.5 Å². The Balaban J connectivity index is 1.45. The van der Waals surface area contributed by atoms with Gasteiger partial charge in [-0.05, 0) is 55.2 Å². The molecule has 0 radical (unpaired) electrons. The Hall–Kier alpha value is -3.15. The van der Waals surface area contributed by atoms with Gasteiger partial charge in [0.2, 0.25) is 17.6 Å². The number of carbonyl (C=O) groups excluding carboxylic acids is 1. The number of methoxy groups -OCH3 is 1. The number of aromatic nitrogens is 2. The molecule has 0 fully saturated rings. The van der Waals surface area contributed by atoms with Crippen LogP contribution in [0.3, 0.4) is 0 Å². The van der Waals surface area contributed by atoms with Crippen molar-refractivity contribution in [2.45, 2.75) is 32.7 Å². The lowest BCUT2D eigenvalue weighted by Gasteiger charge is -2.05. The summed E-state index contributed by atoms with van der Waals surface area (Å²) in [6, 6.07) is 15.6. The second kappa shape index (κ2) is 8.98. The average molecular weight is 365 g/mol. The number of aryl methyl sites for hydroxylation is 2. The summed E-state index contributed by atoms with van der Waals surface area (Å²) in [6.07, 6.45) is 2.16. The highest BCUT2D eigenvalue weighted by atomic mass is 16.5. The van der Waals surface area contributed by atoms with Gasteiger partial charge in [0, 0.05) is 12.0 Å². The predicted octanol–water partition coefficient (Wildman–Crippen LogP) is 3.69. The number of ether oxygens (including phenoxy) is 1. The van der Waals surface area contributed by atoms with E-state index in [9.17, 15) is 4.79 Å². The van der Waals surface area contributed by atoms with Crippen LogP contribution in [0.2, 0.25) is 0 Å². The molecular weight excluding hydrogens is 342 g/mol. The van der Waals surface area contributed by atoms with Crippen LogP contribution in [0.25, 0.3) is 11.4 Å². The van der Waals surface area contributed by atoms with E-state index >= 15 is 0 Å². The first-order chi connectivity index (χ1) is 13.2. The van der Waals surface area contributed by atoms with Crippen LogP contribution in [0.15, 0.2) is 53.1 Å². The van der Waals surface area contributed by atoms with E-state index in [2.05, 4.69) is 34.5 Å². The molecule has 27 heavy (non-hydrogen) atoms. The first kappa shape index (κ1) is 18.6. The molecule has 3 aromatic rings. The minimum absolute atomic E-state index is 0.0206.